The topological polar surface area (TPSA) is 88.6 Å². The van der Waals surface area contributed by atoms with Crippen molar-refractivity contribution in [1.82, 2.24) is 15.3 Å². The molecule has 1 aromatic heterocycles. The highest BCUT2D eigenvalue weighted by molar-refractivity contribution is 5.87. The van der Waals surface area contributed by atoms with Crippen molar-refractivity contribution in [3.05, 3.63) is 60.5 Å². The summed E-state index contributed by atoms with van der Waals surface area (Å²) in [6.07, 6.45) is 15.0. The fraction of sp³-hybridized carbons (Fsp3) is 0.316. The second-order valence-corrected chi connectivity index (χ2v) is 5.78. The third-order valence-corrected chi connectivity index (χ3v) is 3.87. The van der Waals surface area contributed by atoms with E-state index in [1.807, 2.05) is 30.2 Å². The van der Waals surface area contributed by atoms with Crippen LogP contribution in [0, 0.1) is 0 Å². The highest BCUT2D eigenvalue weighted by Crippen LogP contribution is 2.26. The molecule has 3 rings (SSSR count). The Kier molecular flexibility index (Phi) is 6.59. The average molecular weight is 369 g/mol. The Bertz CT molecular complexity index is 785. The minimum atomic E-state index is -0.375. The van der Waals surface area contributed by atoms with E-state index in [2.05, 4.69) is 26.7 Å². The van der Waals surface area contributed by atoms with Gasteiger partial charge >= 0.3 is 6.03 Å². The van der Waals surface area contributed by atoms with Crippen LogP contribution in [-0.2, 0) is 9.47 Å². The summed E-state index contributed by atoms with van der Waals surface area (Å²) in [5.41, 5.74) is 1.13. The molecule has 0 saturated carbocycles. The Labute approximate surface area is 158 Å². The highest BCUT2D eigenvalue weighted by atomic mass is 16.5. The predicted octanol–water partition coefficient (Wildman–Crippen LogP) is 3.06. The molecule has 0 spiro atoms. The highest BCUT2D eigenvalue weighted by Gasteiger charge is 2.15. The van der Waals surface area contributed by atoms with Gasteiger partial charge in [-0.05, 0) is 31.4 Å². The number of carbonyl (C=O) groups excluding carboxylic acids is 1. The second kappa shape index (κ2) is 9.54. The van der Waals surface area contributed by atoms with E-state index in [0.717, 1.165) is 24.2 Å². The normalized spacial score (nSPS) is 15.7. The van der Waals surface area contributed by atoms with Crippen molar-refractivity contribution in [2.24, 2.45) is 0 Å². The number of ether oxygens (including phenoxy) is 2. The fourth-order valence-corrected chi connectivity index (χ4v) is 2.56. The van der Waals surface area contributed by atoms with Crippen LogP contribution in [0.25, 0.3) is 0 Å². The van der Waals surface area contributed by atoms with Crippen LogP contribution in [0.1, 0.15) is 19.8 Å². The maximum atomic E-state index is 11.9. The Morgan fingerprint density at radius 3 is 3.19 bits per heavy atom. The number of nitrogens with one attached hydrogen (secondary N) is 2. The number of urea groups is 1. The van der Waals surface area contributed by atoms with Crippen molar-refractivity contribution in [3.63, 3.8) is 0 Å². The Morgan fingerprint density at radius 2 is 2.37 bits per heavy atom. The smallest absolute Gasteiger partial charge is 0.321 e. The summed E-state index contributed by atoms with van der Waals surface area (Å²) in [6.45, 7) is 3.40. The summed E-state index contributed by atoms with van der Waals surface area (Å²) in [6, 6.07) is 1.39. The number of aromatic nitrogens is 2. The van der Waals surface area contributed by atoms with E-state index in [1.165, 1.54) is 0 Å². The van der Waals surface area contributed by atoms with Crippen molar-refractivity contribution in [2.45, 2.75) is 19.8 Å². The van der Waals surface area contributed by atoms with Gasteiger partial charge < -0.3 is 19.7 Å². The lowest BCUT2D eigenvalue weighted by atomic mass is 10.0. The van der Waals surface area contributed by atoms with Gasteiger partial charge in [-0.3, -0.25) is 5.32 Å². The van der Waals surface area contributed by atoms with Crippen molar-refractivity contribution < 1.29 is 14.3 Å². The fourth-order valence-electron chi connectivity index (χ4n) is 2.56. The van der Waals surface area contributed by atoms with Gasteiger partial charge in [-0.2, -0.15) is 4.98 Å². The van der Waals surface area contributed by atoms with Gasteiger partial charge in [-0.15, -0.1) is 0 Å². The standard InChI is InChI=1S/C19H23N5O3/c1-2-26-12-10-21-19(25)23-18-20-9-8-17(22-18)24-11-13-27-16(14-24)15-6-4-3-5-7-15/h3-4,6,8-9,11,13-14H,2,5,7,10,12H2,1H3,(H2,20,21,22,23,25). The van der Waals surface area contributed by atoms with Crippen LogP contribution in [0.2, 0.25) is 0 Å². The first-order valence-electron chi connectivity index (χ1n) is 8.91. The maximum absolute atomic E-state index is 11.9. The van der Waals surface area contributed by atoms with Gasteiger partial charge in [0.1, 0.15) is 17.8 Å². The molecule has 2 aliphatic rings. The van der Waals surface area contributed by atoms with Crippen LogP contribution in [-0.4, -0.2) is 35.8 Å². The molecule has 0 fully saturated rings. The van der Waals surface area contributed by atoms with Crippen molar-refractivity contribution >= 4 is 17.8 Å². The van der Waals surface area contributed by atoms with Crippen LogP contribution < -0.4 is 15.5 Å². The number of amides is 2. The molecule has 0 saturated heterocycles. The Morgan fingerprint density at radius 1 is 1.44 bits per heavy atom. The molecular weight excluding hydrogens is 346 g/mol. The van der Waals surface area contributed by atoms with Crippen LogP contribution in [0.15, 0.2) is 60.5 Å². The lowest BCUT2D eigenvalue weighted by molar-refractivity contribution is 0.150. The minimum Gasteiger partial charge on any atom is -0.462 e. The van der Waals surface area contributed by atoms with E-state index in [9.17, 15) is 4.79 Å². The first-order valence-corrected chi connectivity index (χ1v) is 8.91. The molecule has 0 unspecified atom stereocenters. The summed E-state index contributed by atoms with van der Waals surface area (Å²) in [4.78, 5) is 22.2. The molecule has 0 atom stereocenters. The SMILES string of the molecule is CCOCCNC(=O)Nc1nccc(N2C=COC(C3=CC=CCC3)=C2)n1. The van der Waals surface area contributed by atoms with Crippen LogP contribution in [0.4, 0.5) is 16.6 Å². The summed E-state index contributed by atoms with van der Waals surface area (Å²) < 4.78 is 10.8. The number of rotatable bonds is 7. The van der Waals surface area contributed by atoms with Gasteiger partial charge in [0.2, 0.25) is 5.95 Å². The van der Waals surface area contributed by atoms with Crippen molar-refractivity contribution in [2.75, 3.05) is 30.0 Å². The maximum Gasteiger partial charge on any atom is 0.321 e. The number of allylic oxidation sites excluding steroid dienone is 4. The first kappa shape index (κ1) is 18.7. The molecule has 1 aliphatic carbocycles. The number of carbonyl (C=O) groups is 1. The molecule has 0 bridgehead atoms. The van der Waals surface area contributed by atoms with E-state index in [1.54, 1.807) is 24.7 Å². The second-order valence-electron chi connectivity index (χ2n) is 5.78. The third-order valence-electron chi connectivity index (χ3n) is 3.87. The molecule has 8 heteroatoms. The molecule has 142 valence electrons. The summed E-state index contributed by atoms with van der Waals surface area (Å²) in [5, 5.41) is 5.31. The lowest BCUT2D eigenvalue weighted by Gasteiger charge is -2.22. The molecule has 0 radical (unpaired) electrons. The lowest BCUT2D eigenvalue weighted by Crippen LogP contribution is -2.32. The van der Waals surface area contributed by atoms with Gasteiger partial charge in [0.15, 0.2) is 0 Å². The molecule has 1 aliphatic heterocycles. The molecule has 0 aromatic carbocycles. The number of anilines is 2. The zero-order valence-electron chi connectivity index (χ0n) is 15.2. The molecular formula is C19H23N5O3. The molecule has 2 N–H and O–H groups in total. The van der Waals surface area contributed by atoms with Crippen LogP contribution >= 0.6 is 0 Å². The van der Waals surface area contributed by atoms with Gasteiger partial charge in [0.05, 0.1) is 12.8 Å². The van der Waals surface area contributed by atoms with Gasteiger partial charge in [0.25, 0.3) is 0 Å². The zero-order chi connectivity index (χ0) is 18.9. The van der Waals surface area contributed by atoms with Crippen molar-refractivity contribution in [1.29, 1.82) is 0 Å². The summed E-state index contributed by atoms with van der Waals surface area (Å²) in [7, 11) is 0. The van der Waals surface area contributed by atoms with E-state index in [0.29, 0.717) is 25.6 Å². The molecule has 2 heterocycles. The zero-order valence-corrected chi connectivity index (χ0v) is 15.2. The van der Waals surface area contributed by atoms with E-state index < -0.39 is 0 Å². The first-order chi connectivity index (χ1) is 13.3. The van der Waals surface area contributed by atoms with Crippen LogP contribution in [0.3, 0.4) is 0 Å². The largest absolute Gasteiger partial charge is 0.462 e. The number of hydrogen-bond acceptors (Lipinski definition) is 6. The summed E-state index contributed by atoms with van der Waals surface area (Å²) >= 11 is 0. The van der Waals surface area contributed by atoms with Crippen molar-refractivity contribution in [3.8, 4) is 0 Å². The Balaban J connectivity index is 1.64. The number of hydrogen-bond donors (Lipinski definition) is 2. The molecule has 8 nitrogen and oxygen atoms in total. The van der Waals surface area contributed by atoms with E-state index >= 15 is 0 Å². The molecule has 27 heavy (non-hydrogen) atoms. The quantitative estimate of drug-likeness (QED) is 0.718. The third kappa shape index (κ3) is 5.42. The van der Waals surface area contributed by atoms with Gasteiger partial charge in [-0.25, -0.2) is 9.78 Å². The van der Waals surface area contributed by atoms with E-state index in [4.69, 9.17) is 9.47 Å². The van der Waals surface area contributed by atoms with Gasteiger partial charge in [-0.1, -0.05) is 18.2 Å². The predicted molar refractivity (Wildman–Crippen MR) is 103 cm³/mol. The number of nitrogens with zero attached hydrogens (tertiary/aromatic N) is 3. The molecule has 1 aromatic rings. The molecule has 2 amide bonds. The minimum absolute atomic E-state index is 0.219. The van der Waals surface area contributed by atoms with Gasteiger partial charge in [0, 0.05) is 25.5 Å². The monoisotopic (exact) mass is 369 g/mol. The Hall–Kier alpha value is -3.13. The van der Waals surface area contributed by atoms with Crippen LogP contribution in [0.5, 0.6) is 0 Å². The van der Waals surface area contributed by atoms with E-state index in [-0.39, 0.29) is 12.0 Å². The summed E-state index contributed by atoms with van der Waals surface area (Å²) in [5.74, 6) is 1.62. The average Bonchev–Trinajstić information content (AvgIpc) is 2.72.